The molecule has 0 saturated carbocycles. The summed E-state index contributed by atoms with van der Waals surface area (Å²) in [6, 6.07) is 9.85. The molecule has 3 nitrogen and oxygen atoms in total. The average molecular weight is 425 g/mol. The fourth-order valence-electron chi connectivity index (χ4n) is 2.79. The zero-order chi connectivity index (χ0) is 22.1. The Morgan fingerprint density at radius 3 is 1.67 bits per heavy atom. The zero-order valence-electron chi connectivity index (χ0n) is 15.3. The van der Waals surface area contributed by atoms with E-state index in [0.29, 0.717) is 11.1 Å². The molecule has 0 radical (unpaired) electrons. The van der Waals surface area contributed by atoms with Crippen LogP contribution in [0.4, 0.5) is 26.3 Å². The number of hydrogen-bond donors (Lipinski definition) is 0. The monoisotopic (exact) mass is 425 g/mol. The molecule has 0 bridgehead atoms. The molecular formula is C21H13F6NO2. The highest BCUT2D eigenvalue weighted by Crippen LogP contribution is 2.34. The number of hydrogen-bond acceptors (Lipinski definition) is 3. The second-order valence-electron chi connectivity index (χ2n) is 6.26. The van der Waals surface area contributed by atoms with Crippen molar-refractivity contribution in [2.75, 3.05) is 7.11 Å². The summed E-state index contributed by atoms with van der Waals surface area (Å²) in [6.07, 6.45) is -7.73. The van der Waals surface area contributed by atoms with E-state index in [1.165, 1.54) is 36.5 Å². The molecule has 2 aromatic carbocycles. The molecule has 30 heavy (non-hydrogen) atoms. The maximum absolute atomic E-state index is 12.8. The quantitative estimate of drug-likeness (QED) is 0.368. The number of methoxy groups -OCH3 is 1. The van der Waals surface area contributed by atoms with Crippen molar-refractivity contribution in [2.45, 2.75) is 12.4 Å². The Hall–Kier alpha value is -3.36. The molecule has 1 aromatic heterocycles. The number of rotatable bonds is 3. The molecule has 9 heteroatoms. The predicted octanol–water partition coefficient (Wildman–Crippen LogP) is 6.24. The lowest BCUT2D eigenvalue weighted by atomic mass is 9.97. The third-order valence-electron chi connectivity index (χ3n) is 4.34. The molecule has 3 rings (SSSR count). The van der Waals surface area contributed by atoms with Gasteiger partial charge >= 0.3 is 18.3 Å². The zero-order valence-corrected chi connectivity index (χ0v) is 15.3. The van der Waals surface area contributed by atoms with Crippen LogP contribution in [0, 0.1) is 0 Å². The lowest BCUT2D eigenvalue weighted by molar-refractivity contribution is -0.138. The molecule has 0 amide bonds. The fourth-order valence-corrected chi connectivity index (χ4v) is 2.79. The van der Waals surface area contributed by atoms with Gasteiger partial charge in [-0.3, -0.25) is 0 Å². The number of alkyl halides is 6. The number of nitrogens with zero attached hydrogens (tertiary/aromatic N) is 1. The summed E-state index contributed by atoms with van der Waals surface area (Å²) in [7, 11) is 1.13. The van der Waals surface area contributed by atoms with Crippen LogP contribution in [0.15, 0.2) is 60.8 Å². The average Bonchev–Trinajstić information content (AvgIpc) is 2.71. The first-order chi connectivity index (χ1) is 14.0. The number of carbonyl (C=O) groups excluding carboxylic acids is 1. The molecule has 3 aromatic rings. The van der Waals surface area contributed by atoms with E-state index >= 15 is 0 Å². The SMILES string of the molecule is COC(=O)c1ncc(-c2ccc(C(F)(F)F)cc2)cc1-c1ccc(C(F)(F)F)cc1. The van der Waals surface area contributed by atoms with Crippen molar-refractivity contribution in [3.05, 3.63) is 77.6 Å². The summed E-state index contributed by atoms with van der Waals surface area (Å²) in [5.74, 6) is -0.802. The van der Waals surface area contributed by atoms with Crippen molar-refractivity contribution >= 4 is 5.97 Å². The highest BCUT2D eigenvalue weighted by Gasteiger charge is 2.31. The van der Waals surface area contributed by atoms with Gasteiger partial charge in [-0.15, -0.1) is 0 Å². The van der Waals surface area contributed by atoms with Crippen LogP contribution < -0.4 is 0 Å². The number of aromatic nitrogens is 1. The number of halogens is 6. The van der Waals surface area contributed by atoms with Gasteiger partial charge in [0.25, 0.3) is 0 Å². The lowest BCUT2D eigenvalue weighted by Crippen LogP contribution is -2.08. The topological polar surface area (TPSA) is 39.2 Å². The van der Waals surface area contributed by atoms with Gasteiger partial charge in [0.2, 0.25) is 0 Å². The third-order valence-corrected chi connectivity index (χ3v) is 4.34. The Morgan fingerprint density at radius 2 is 1.23 bits per heavy atom. The first kappa shape index (κ1) is 21.4. The van der Waals surface area contributed by atoms with Gasteiger partial charge in [-0.25, -0.2) is 9.78 Å². The molecule has 0 spiro atoms. The summed E-state index contributed by atoms with van der Waals surface area (Å²) >= 11 is 0. The minimum atomic E-state index is -4.52. The Morgan fingerprint density at radius 1 is 0.767 bits per heavy atom. The van der Waals surface area contributed by atoms with E-state index in [0.717, 1.165) is 31.4 Å². The normalized spacial score (nSPS) is 12.0. The maximum Gasteiger partial charge on any atom is 0.416 e. The molecule has 0 aliphatic carbocycles. The van der Waals surface area contributed by atoms with Crippen LogP contribution >= 0.6 is 0 Å². The Kier molecular flexibility index (Phi) is 5.56. The van der Waals surface area contributed by atoms with Crippen LogP contribution in [0.2, 0.25) is 0 Å². The van der Waals surface area contributed by atoms with E-state index in [9.17, 15) is 31.1 Å². The standard InChI is InChI=1S/C21H13F6NO2/c1-30-19(29)18-17(13-4-8-16(9-5-13)21(25,26)27)10-14(11-28-18)12-2-6-15(7-3-12)20(22,23)24/h2-11H,1H3. The second kappa shape index (κ2) is 7.81. The van der Waals surface area contributed by atoms with E-state index in [-0.39, 0.29) is 16.8 Å². The lowest BCUT2D eigenvalue weighted by Gasteiger charge is -2.12. The van der Waals surface area contributed by atoms with Gasteiger partial charge in [0.05, 0.1) is 18.2 Å². The van der Waals surface area contributed by atoms with Gasteiger partial charge in [-0.1, -0.05) is 24.3 Å². The number of ether oxygens (including phenoxy) is 1. The van der Waals surface area contributed by atoms with Gasteiger partial charge in [0.1, 0.15) is 0 Å². The molecular weight excluding hydrogens is 412 g/mol. The van der Waals surface area contributed by atoms with Crippen molar-refractivity contribution in [1.29, 1.82) is 0 Å². The van der Waals surface area contributed by atoms with Gasteiger partial charge in [0, 0.05) is 17.3 Å². The number of esters is 1. The molecule has 0 aliphatic heterocycles. The number of pyridine rings is 1. The summed E-state index contributed by atoms with van der Waals surface area (Å²) in [4.78, 5) is 16.1. The Balaban J connectivity index is 2.08. The van der Waals surface area contributed by atoms with E-state index in [1.54, 1.807) is 0 Å². The summed E-state index contributed by atoms with van der Waals surface area (Å²) in [5, 5.41) is 0. The molecule has 0 atom stereocenters. The van der Waals surface area contributed by atoms with Crippen molar-refractivity contribution in [1.82, 2.24) is 4.98 Å². The highest BCUT2D eigenvalue weighted by atomic mass is 19.4. The Labute approximate surface area is 166 Å². The smallest absolute Gasteiger partial charge is 0.416 e. The van der Waals surface area contributed by atoms with Gasteiger partial charge < -0.3 is 4.74 Å². The molecule has 0 N–H and O–H groups in total. The van der Waals surface area contributed by atoms with E-state index in [4.69, 9.17) is 0 Å². The highest BCUT2D eigenvalue weighted by molar-refractivity contribution is 5.96. The second-order valence-corrected chi connectivity index (χ2v) is 6.26. The molecule has 0 aliphatic rings. The van der Waals surface area contributed by atoms with E-state index in [2.05, 4.69) is 9.72 Å². The molecule has 0 unspecified atom stereocenters. The van der Waals surface area contributed by atoms with E-state index in [1.807, 2.05) is 0 Å². The van der Waals surface area contributed by atoms with Crippen LogP contribution in [-0.2, 0) is 17.1 Å². The Bertz CT molecular complexity index is 1050. The number of benzene rings is 2. The minimum Gasteiger partial charge on any atom is -0.464 e. The van der Waals surface area contributed by atoms with Crippen molar-refractivity contribution in [3.63, 3.8) is 0 Å². The molecule has 0 fully saturated rings. The van der Waals surface area contributed by atoms with E-state index < -0.39 is 29.4 Å². The van der Waals surface area contributed by atoms with Crippen molar-refractivity contribution in [3.8, 4) is 22.3 Å². The van der Waals surface area contributed by atoms with Crippen LogP contribution in [0.5, 0.6) is 0 Å². The van der Waals surface area contributed by atoms with Gasteiger partial charge in [-0.2, -0.15) is 26.3 Å². The molecule has 1 heterocycles. The van der Waals surface area contributed by atoms with Crippen molar-refractivity contribution in [2.24, 2.45) is 0 Å². The third kappa shape index (κ3) is 4.45. The summed E-state index contributed by atoms with van der Waals surface area (Å²) < 4.78 is 81.4. The van der Waals surface area contributed by atoms with Crippen LogP contribution in [0.1, 0.15) is 21.6 Å². The molecule has 0 saturated heterocycles. The molecule has 156 valence electrons. The maximum atomic E-state index is 12.8. The van der Waals surface area contributed by atoms with Gasteiger partial charge in [0.15, 0.2) is 5.69 Å². The van der Waals surface area contributed by atoms with Crippen LogP contribution in [-0.4, -0.2) is 18.1 Å². The first-order valence-corrected chi connectivity index (χ1v) is 8.44. The largest absolute Gasteiger partial charge is 0.464 e. The minimum absolute atomic E-state index is 0.132. The number of carbonyl (C=O) groups is 1. The van der Waals surface area contributed by atoms with Gasteiger partial charge in [-0.05, 0) is 41.5 Å². The fraction of sp³-hybridized carbons (Fsp3) is 0.143. The van der Waals surface area contributed by atoms with Crippen LogP contribution in [0.25, 0.3) is 22.3 Å². The summed E-state index contributed by atoms with van der Waals surface area (Å²) in [6.45, 7) is 0. The van der Waals surface area contributed by atoms with Crippen molar-refractivity contribution < 1.29 is 35.9 Å². The van der Waals surface area contributed by atoms with Crippen LogP contribution in [0.3, 0.4) is 0 Å². The predicted molar refractivity (Wildman–Crippen MR) is 96.5 cm³/mol. The summed E-state index contributed by atoms with van der Waals surface area (Å²) in [5.41, 5.74) is -0.594. The first-order valence-electron chi connectivity index (χ1n) is 8.44.